The molecule has 0 saturated carbocycles. The molecule has 2 rings (SSSR count). The highest BCUT2D eigenvalue weighted by molar-refractivity contribution is 7.91. The van der Waals surface area contributed by atoms with E-state index in [9.17, 15) is 18.0 Å². The second kappa shape index (κ2) is 7.37. The monoisotopic (exact) mass is 383 g/mol. The fourth-order valence-corrected chi connectivity index (χ4v) is 4.20. The van der Waals surface area contributed by atoms with Crippen molar-refractivity contribution in [1.82, 2.24) is 14.7 Å². The predicted molar refractivity (Wildman–Crippen MR) is 93.0 cm³/mol. The van der Waals surface area contributed by atoms with Gasteiger partial charge in [0.2, 0.25) is 9.84 Å². The molecule has 1 aromatic heterocycles. The summed E-state index contributed by atoms with van der Waals surface area (Å²) in [5, 5.41) is 3.70. The maximum absolute atomic E-state index is 12.9. The van der Waals surface area contributed by atoms with Gasteiger partial charge in [-0.1, -0.05) is 17.7 Å². The first kappa shape index (κ1) is 19.1. The Kier molecular flexibility index (Phi) is 5.64. The molecule has 0 atom stereocenters. The molecule has 134 valence electrons. The molecule has 0 radical (unpaired) electrons. The van der Waals surface area contributed by atoms with Crippen LogP contribution in [0.4, 0.5) is 4.79 Å². The summed E-state index contributed by atoms with van der Waals surface area (Å²) in [7, 11) is -4.11. The van der Waals surface area contributed by atoms with E-state index in [1.54, 1.807) is 26.8 Å². The lowest BCUT2D eigenvalue weighted by molar-refractivity contribution is 0.112. The highest BCUT2D eigenvalue weighted by Crippen LogP contribution is 2.28. The summed E-state index contributed by atoms with van der Waals surface area (Å²) in [6.45, 7) is 6.01. The highest BCUT2D eigenvalue weighted by atomic mass is 35.5. The van der Waals surface area contributed by atoms with E-state index >= 15 is 0 Å². The summed E-state index contributed by atoms with van der Waals surface area (Å²) in [5.74, 6) is 0. The van der Waals surface area contributed by atoms with Crippen molar-refractivity contribution in [1.29, 1.82) is 0 Å². The van der Waals surface area contributed by atoms with Gasteiger partial charge in [-0.05, 0) is 38.5 Å². The molecule has 9 heteroatoms. The number of hydrogen-bond donors (Lipinski definition) is 0. The Labute approximate surface area is 151 Å². The molecule has 0 unspecified atom stereocenters. The zero-order chi connectivity index (χ0) is 18.8. The second-order valence-electron chi connectivity index (χ2n) is 5.27. The maximum atomic E-state index is 12.9. The first-order valence-corrected chi connectivity index (χ1v) is 9.48. The van der Waals surface area contributed by atoms with E-state index in [1.165, 1.54) is 17.0 Å². The van der Waals surface area contributed by atoms with Gasteiger partial charge in [0.1, 0.15) is 0 Å². The number of carbonyl (C=O) groups excluding carboxylic acids is 2. The molecule has 2 aromatic rings. The van der Waals surface area contributed by atoms with Crippen molar-refractivity contribution < 1.29 is 18.0 Å². The molecular weight excluding hydrogens is 366 g/mol. The van der Waals surface area contributed by atoms with Crippen LogP contribution in [0.1, 0.15) is 29.8 Å². The lowest BCUT2D eigenvalue weighted by atomic mass is 10.2. The molecule has 0 fully saturated rings. The zero-order valence-corrected chi connectivity index (χ0v) is 15.6. The van der Waals surface area contributed by atoms with Crippen molar-refractivity contribution in [2.45, 2.75) is 30.7 Å². The first-order valence-electron chi connectivity index (χ1n) is 7.62. The van der Waals surface area contributed by atoms with Crippen LogP contribution in [-0.4, -0.2) is 48.5 Å². The van der Waals surface area contributed by atoms with Crippen LogP contribution in [0, 0.1) is 6.92 Å². The quantitative estimate of drug-likeness (QED) is 0.740. The number of amides is 1. The molecule has 1 aromatic carbocycles. The van der Waals surface area contributed by atoms with E-state index in [2.05, 4.69) is 5.10 Å². The Morgan fingerprint density at radius 3 is 2.52 bits per heavy atom. The molecule has 0 aliphatic heterocycles. The van der Waals surface area contributed by atoms with Crippen LogP contribution in [-0.2, 0) is 9.84 Å². The fourth-order valence-electron chi connectivity index (χ4n) is 2.38. The van der Waals surface area contributed by atoms with Gasteiger partial charge < -0.3 is 4.90 Å². The van der Waals surface area contributed by atoms with E-state index in [1.807, 2.05) is 0 Å². The Morgan fingerprint density at radius 2 is 1.96 bits per heavy atom. The van der Waals surface area contributed by atoms with Gasteiger partial charge in [0.25, 0.3) is 0 Å². The van der Waals surface area contributed by atoms with Crippen LogP contribution in [0.25, 0.3) is 0 Å². The number of aldehydes is 1. The zero-order valence-electron chi connectivity index (χ0n) is 14.1. The standard InChI is InChI=1S/C16H18ClN3O4S/c1-4-19(5-2)16(22)20-9-12(10-21)15(18-20)25(23,24)14-8-6-7-13(17)11(14)3/h6-10H,4-5H2,1-3H3. The van der Waals surface area contributed by atoms with Crippen molar-refractivity contribution >= 4 is 33.8 Å². The smallest absolute Gasteiger partial charge is 0.323 e. The van der Waals surface area contributed by atoms with Gasteiger partial charge in [0.15, 0.2) is 11.3 Å². The number of carbonyl (C=O) groups is 2. The first-order chi connectivity index (χ1) is 11.8. The van der Waals surface area contributed by atoms with Gasteiger partial charge >= 0.3 is 6.03 Å². The summed E-state index contributed by atoms with van der Waals surface area (Å²) in [6.07, 6.45) is 1.49. The lowest BCUT2D eigenvalue weighted by Crippen LogP contribution is -2.34. The normalized spacial score (nSPS) is 11.4. The van der Waals surface area contributed by atoms with Crippen LogP contribution < -0.4 is 0 Å². The molecule has 0 aliphatic carbocycles. The minimum absolute atomic E-state index is 0.0522. The van der Waals surface area contributed by atoms with Gasteiger partial charge in [-0.25, -0.2) is 13.2 Å². The SMILES string of the molecule is CCN(CC)C(=O)n1cc(C=O)c(S(=O)(=O)c2cccc(Cl)c2C)n1. The molecule has 0 spiro atoms. The van der Waals surface area contributed by atoms with Crippen molar-refractivity contribution in [2.75, 3.05) is 13.1 Å². The fraction of sp³-hybridized carbons (Fsp3) is 0.312. The Bertz CT molecular complexity index is 917. The molecule has 7 nitrogen and oxygen atoms in total. The highest BCUT2D eigenvalue weighted by Gasteiger charge is 2.29. The Hall–Kier alpha value is -2.19. The van der Waals surface area contributed by atoms with E-state index in [0.29, 0.717) is 24.9 Å². The summed E-state index contributed by atoms with van der Waals surface area (Å²) >= 11 is 6.00. The predicted octanol–water partition coefficient (Wildman–Crippen LogP) is 2.80. The molecule has 1 amide bonds. The van der Waals surface area contributed by atoms with Crippen molar-refractivity contribution in [2.24, 2.45) is 0 Å². The summed E-state index contributed by atoms with van der Waals surface area (Å²) in [6, 6.07) is 3.95. The molecule has 0 aliphatic rings. The summed E-state index contributed by atoms with van der Waals surface area (Å²) < 4.78 is 26.7. The second-order valence-corrected chi connectivity index (χ2v) is 7.51. The van der Waals surface area contributed by atoms with E-state index < -0.39 is 20.9 Å². The van der Waals surface area contributed by atoms with Crippen molar-refractivity contribution in [3.05, 3.63) is 40.5 Å². The minimum atomic E-state index is -4.11. The van der Waals surface area contributed by atoms with Crippen LogP contribution in [0.3, 0.4) is 0 Å². The molecule has 0 saturated heterocycles. The molecule has 0 N–H and O–H groups in total. The van der Waals surface area contributed by atoms with Gasteiger partial charge in [0.05, 0.1) is 10.5 Å². The number of rotatable bonds is 5. The van der Waals surface area contributed by atoms with Crippen LogP contribution in [0.5, 0.6) is 0 Å². The summed E-state index contributed by atoms with van der Waals surface area (Å²) in [5.41, 5.74) is 0.172. The minimum Gasteiger partial charge on any atom is -0.323 e. The average Bonchev–Trinajstić information content (AvgIpc) is 3.03. The number of sulfone groups is 1. The average molecular weight is 384 g/mol. The third-order valence-electron chi connectivity index (χ3n) is 3.83. The topological polar surface area (TPSA) is 89.3 Å². The van der Waals surface area contributed by atoms with Gasteiger partial charge in [-0.3, -0.25) is 4.79 Å². The van der Waals surface area contributed by atoms with Crippen molar-refractivity contribution in [3.8, 4) is 0 Å². The molecule has 25 heavy (non-hydrogen) atoms. The molecule has 0 bridgehead atoms. The number of aromatic nitrogens is 2. The largest absolute Gasteiger partial charge is 0.344 e. The van der Waals surface area contributed by atoms with Gasteiger partial charge in [0, 0.05) is 24.3 Å². The Morgan fingerprint density at radius 1 is 1.32 bits per heavy atom. The number of nitrogens with zero attached hydrogens (tertiary/aromatic N) is 3. The van der Waals surface area contributed by atoms with Crippen molar-refractivity contribution in [3.63, 3.8) is 0 Å². The summed E-state index contributed by atoms with van der Waals surface area (Å²) in [4.78, 5) is 25.1. The Balaban J connectivity index is 2.61. The number of halogens is 1. The van der Waals surface area contributed by atoms with Gasteiger partial charge in [-0.15, -0.1) is 0 Å². The number of benzene rings is 1. The maximum Gasteiger partial charge on any atom is 0.344 e. The van der Waals surface area contributed by atoms with E-state index in [4.69, 9.17) is 11.6 Å². The molecular formula is C16H18ClN3O4S. The third-order valence-corrected chi connectivity index (χ3v) is 6.08. The van der Waals surface area contributed by atoms with E-state index in [-0.39, 0.29) is 15.5 Å². The van der Waals surface area contributed by atoms with Crippen LogP contribution in [0.15, 0.2) is 34.3 Å². The van der Waals surface area contributed by atoms with E-state index in [0.717, 1.165) is 10.9 Å². The van der Waals surface area contributed by atoms with Gasteiger partial charge in [-0.2, -0.15) is 9.78 Å². The van der Waals surface area contributed by atoms with Crippen LogP contribution in [0.2, 0.25) is 5.02 Å². The molecule has 1 heterocycles. The lowest BCUT2D eigenvalue weighted by Gasteiger charge is -2.17. The van der Waals surface area contributed by atoms with Crippen LogP contribution >= 0.6 is 11.6 Å². The third kappa shape index (κ3) is 3.45. The number of hydrogen-bond acceptors (Lipinski definition) is 5.